The van der Waals surface area contributed by atoms with E-state index in [2.05, 4.69) is 6.58 Å². The second kappa shape index (κ2) is 14.2. The molecular formula is C21H19N3O10. The Hall–Kier alpha value is -4.94. The maximum Gasteiger partial charge on any atom is 0.315 e. The summed E-state index contributed by atoms with van der Waals surface area (Å²) in [6.07, 6.45) is 3.87. The highest BCUT2D eigenvalue weighted by atomic mass is 16.6. The first-order valence-electron chi connectivity index (χ1n) is 9.40. The summed E-state index contributed by atoms with van der Waals surface area (Å²) in [5, 5.41) is 30.4. The van der Waals surface area contributed by atoms with Gasteiger partial charge in [-0.25, -0.2) is 0 Å². The maximum absolute atomic E-state index is 11.7. The largest absolute Gasteiger partial charge is 0.426 e. The van der Waals surface area contributed by atoms with Crippen LogP contribution in [0.1, 0.15) is 12.8 Å². The van der Waals surface area contributed by atoms with Crippen molar-refractivity contribution in [1.82, 2.24) is 0 Å². The topological polar surface area (TPSA) is 182 Å². The van der Waals surface area contributed by atoms with Gasteiger partial charge in [-0.05, 0) is 30.3 Å². The molecule has 0 aliphatic heterocycles. The molecule has 0 aliphatic rings. The molecule has 0 bridgehead atoms. The molecule has 2 aromatic carbocycles. The van der Waals surface area contributed by atoms with E-state index in [-0.39, 0.29) is 42.3 Å². The number of nitro benzene ring substituents is 2. The first kappa shape index (κ1) is 27.1. The molecule has 0 amide bonds. The first-order chi connectivity index (χ1) is 16.1. The van der Waals surface area contributed by atoms with Crippen molar-refractivity contribution in [3.8, 4) is 11.5 Å². The Morgan fingerprint density at radius 1 is 0.735 bits per heavy atom. The van der Waals surface area contributed by atoms with Crippen LogP contribution in [0, 0.1) is 30.3 Å². The van der Waals surface area contributed by atoms with Gasteiger partial charge in [0, 0.05) is 29.2 Å². The van der Waals surface area contributed by atoms with Gasteiger partial charge in [0.15, 0.2) is 0 Å². The molecule has 178 valence electrons. The molecule has 0 radical (unpaired) electrons. The summed E-state index contributed by atoms with van der Waals surface area (Å²) in [4.78, 5) is 52.2. The third-order valence-electron chi connectivity index (χ3n) is 3.57. The molecule has 2 rings (SSSR count). The summed E-state index contributed by atoms with van der Waals surface area (Å²) in [6, 6.07) is 10.1. The van der Waals surface area contributed by atoms with Gasteiger partial charge < -0.3 is 9.47 Å². The van der Waals surface area contributed by atoms with Gasteiger partial charge in [-0.1, -0.05) is 18.7 Å². The second-order valence-corrected chi connectivity index (χ2v) is 6.13. The summed E-state index contributed by atoms with van der Waals surface area (Å²) in [5.74, 6) is -0.870. The zero-order chi connectivity index (χ0) is 25.5. The lowest BCUT2D eigenvalue weighted by Gasteiger charge is -2.02. The molecule has 0 saturated carbocycles. The van der Waals surface area contributed by atoms with Crippen molar-refractivity contribution >= 4 is 23.3 Å². The normalized spacial score (nSPS) is 9.88. The van der Waals surface area contributed by atoms with E-state index < -0.39 is 26.7 Å². The Morgan fingerprint density at radius 2 is 1.09 bits per heavy atom. The van der Waals surface area contributed by atoms with Crippen LogP contribution in [-0.4, -0.2) is 33.3 Å². The van der Waals surface area contributed by atoms with Gasteiger partial charge in [0.05, 0.1) is 22.7 Å². The number of carbonyl (C=O) groups is 2. The zero-order valence-electron chi connectivity index (χ0n) is 17.6. The van der Waals surface area contributed by atoms with Crippen LogP contribution in [0.4, 0.5) is 11.4 Å². The first-order valence-corrected chi connectivity index (χ1v) is 9.40. The molecule has 0 fully saturated rings. The molecule has 13 heteroatoms. The van der Waals surface area contributed by atoms with E-state index in [0.717, 1.165) is 0 Å². The van der Waals surface area contributed by atoms with Crippen LogP contribution in [0.15, 0.2) is 73.3 Å². The molecule has 0 aromatic heterocycles. The van der Waals surface area contributed by atoms with Gasteiger partial charge in [0.2, 0.25) is 6.54 Å². The minimum Gasteiger partial charge on any atom is -0.426 e. The number of hydrogen-bond acceptors (Lipinski definition) is 10. The van der Waals surface area contributed by atoms with Crippen LogP contribution in [0.25, 0.3) is 0 Å². The number of hydrogen-bond donors (Lipinski definition) is 0. The van der Waals surface area contributed by atoms with Crippen molar-refractivity contribution in [2.75, 3.05) is 6.54 Å². The van der Waals surface area contributed by atoms with Crippen LogP contribution in [0.2, 0.25) is 0 Å². The molecule has 0 unspecified atom stereocenters. The Balaban J connectivity index is 0.000000852. The molecule has 34 heavy (non-hydrogen) atoms. The van der Waals surface area contributed by atoms with E-state index >= 15 is 0 Å². The highest BCUT2D eigenvalue weighted by Gasteiger charge is 2.09. The van der Waals surface area contributed by atoms with Crippen LogP contribution in [0.3, 0.4) is 0 Å². The van der Waals surface area contributed by atoms with E-state index in [0.29, 0.717) is 0 Å². The number of rotatable bonds is 10. The zero-order valence-corrected chi connectivity index (χ0v) is 17.6. The van der Waals surface area contributed by atoms with Crippen molar-refractivity contribution in [1.29, 1.82) is 0 Å². The van der Waals surface area contributed by atoms with E-state index in [1.165, 1.54) is 66.8 Å². The fourth-order valence-corrected chi connectivity index (χ4v) is 2.08. The molecular weight excluding hydrogens is 454 g/mol. The van der Waals surface area contributed by atoms with Gasteiger partial charge in [0.25, 0.3) is 11.4 Å². The number of carbonyl (C=O) groups excluding carboxylic acids is 2. The van der Waals surface area contributed by atoms with Crippen molar-refractivity contribution in [3.05, 3.63) is 104 Å². The van der Waals surface area contributed by atoms with Crippen LogP contribution < -0.4 is 9.47 Å². The highest BCUT2D eigenvalue weighted by Crippen LogP contribution is 2.18. The fourth-order valence-electron chi connectivity index (χ4n) is 2.08. The number of nitro groups is 3. The molecule has 0 aliphatic carbocycles. The van der Waals surface area contributed by atoms with Crippen molar-refractivity contribution in [2.45, 2.75) is 12.8 Å². The predicted octanol–water partition coefficient (Wildman–Crippen LogP) is 3.80. The van der Waals surface area contributed by atoms with Gasteiger partial charge in [-0.3, -0.25) is 39.9 Å². The molecule has 0 N–H and O–H groups in total. The number of benzene rings is 2. The summed E-state index contributed by atoms with van der Waals surface area (Å²) >= 11 is 0. The van der Waals surface area contributed by atoms with Crippen LogP contribution in [-0.2, 0) is 9.59 Å². The Kier molecular flexibility index (Phi) is 11.3. The highest BCUT2D eigenvalue weighted by molar-refractivity contribution is 5.76. The summed E-state index contributed by atoms with van der Waals surface area (Å²) in [7, 11) is 0. The third-order valence-corrected chi connectivity index (χ3v) is 3.57. The fraction of sp³-hybridized carbons (Fsp3) is 0.143. The van der Waals surface area contributed by atoms with Gasteiger partial charge in [-0.15, -0.1) is 0 Å². The number of non-ortho nitro benzene ring substituents is 2. The van der Waals surface area contributed by atoms with Crippen LogP contribution >= 0.6 is 0 Å². The van der Waals surface area contributed by atoms with E-state index in [1.54, 1.807) is 0 Å². The molecule has 13 nitrogen and oxygen atoms in total. The average molecular weight is 473 g/mol. The standard InChI is InChI=1S/C18H14N2O8.C3H5NO2/c21-17(27-15-9-5-13(6-10-15)19(23)24)3-1-2-4-18(22)28-16-11-7-14(8-12-16)20(25)26;1-2-3-4(5)6/h1-2,5-12H,3-4H2;2H,1,3H2/b2-1+;. The second-order valence-electron chi connectivity index (χ2n) is 6.13. The molecule has 0 spiro atoms. The molecule has 0 heterocycles. The minimum atomic E-state index is -0.603. The summed E-state index contributed by atoms with van der Waals surface area (Å²) in [6.45, 7) is 3.02. The number of ether oxygens (including phenoxy) is 2. The monoisotopic (exact) mass is 473 g/mol. The minimum absolute atomic E-state index is 0.109. The van der Waals surface area contributed by atoms with Gasteiger partial charge in [-0.2, -0.15) is 0 Å². The average Bonchev–Trinajstić information content (AvgIpc) is 2.78. The lowest BCUT2D eigenvalue weighted by molar-refractivity contribution is -0.468. The Labute approximate surface area is 192 Å². The van der Waals surface area contributed by atoms with Gasteiger partial charge in [0.1, 0.15) is 11.5 Å². The third kappa shape index (κ3) is 10.9. The lowest BCUT2D eigenvalue weighted by Crippen LogP contribution is -2.07. The Bertz CT molecular complexity index is 988. The predicted molar refractivity (Wildman–Crippen MR) is 118 cm³/mol. The SMILES string of the molecule is C=CC[N+](=O)[O-].O=C(C/C=C/CC(=O)Oc1ccc([N+](=O)[O-])cc1)Oc1ccc([N+](=O)[O-])cc1. The molecule has 0 saturated heterocycles. The molecule has 0 atom stereocenters. The lowest BCUT2D eigenvalue weighted by atomic mass is 10.3. The summed E-state index contributed by atoms with van der Waals surface area (Å²) in [5.41, 5.74) is -0.238. The van der Waals surface area contributed by atoms with Crippen molar-refractivity contribution < 1.29 is 33.8 Å². The van der Waals surface area contributed by atoms with Crippen molar-refractivity contribution in [2.24, 2.45) is 0 Å². The van der Waals surface area contributed by atoms with Crippen molar-refractivity contribution in [3.63, 3.8) is 0 Å². The summed E-state index contributed by atoms with van der Waals surface area (Å²) < 4.78 is 10.00. The number of esters is 2. The number of nitrogens with zero attached hydrogens (tertiary/aromatic N) is 3. The Morgan fingerprint density at radius 3 is 1.32 bits per heavy atom. The van der Waals surface area contributed by atoms with Gasteiger partial charge >= 0.3 is 11.9 Å². The van der Waals surface area contributed by atoms with Crippen LogP contribution in [0.5, 0.6) is 11.5 Å². The van der Waals surface area contributed by atoms with E-state index in [4.69, 9.17) is 9.47 Å². The quantitative estimate of drug-likeness (QED) is 0.162. The van der Waals surface area contributed by atoms with E-state index in [9.17, 15) is 39.9 Å². The maximum atomic E-state index is 11.7. The smallest absolute Gasteiger partial charge is 0.315 e. The van der Waals surface area contributed by atoms with E-state index in [1.807, 2.05) is 0 Å². The molecule has 2 aromatic rings.